The fraction of sp³-hybridized carbons (Fsp3) is 0.538. The molecule has 0 fully saturated rings. The Kier molecular flexibility index (Phi) is 6.60. The van der Waals surface area contributed by atoms with E-state index in [0.717, 1.165) is 5.56 Å². The summed E-state index contributed by atoms with van der Waals surface area (Å²) in [5, 5.41) is 3.01. The first kappa shape index (κ1) is 17.6. The molecule has 0 saturated carbocycles. The summed E-state index contributed by atoms with van der Waals surface area (Å²) in [5.74, 6) is 0. The number of halogens is 1. The molecule has 2 N–H and O–H groups in total. The van der Waals surface area contributed by atoms with Gasteiger partial charge in [0, 0.05) is 23.6 Å². The molecular formula is C13H22BrN3O2S. The van der Waals surface area contributed by atoms with E-state index in [0.29, 0.717) is 17.6 Å². The van der Waals surface area contributed by atoms with E-state index in [4.69, 9.17) is 0 Å². The first-order valence-corrected chi connectivity index (χ1v) is 8.64. The monoisotopic (exact) mass is 363 g/mol. The van der Waals surface area contributed by atoms with Crippen molar-refractivity contribution in [1.29, 1.82) is 0 Å². The van der Waals surface area contributed by atoms with Gasteiger partial charge in [-0.2, -0.15) is 0 Å². The minimum absolute atomic E-state index is 0.158. The topological polar surface area (TPSA) is 61.4 Å². The summed E-state index contributed by atoms with van der Waals surface area (Å²) >= 11 is 3.31. The Balaban J connectivity index is 2.99. The zero-order valence-electron chi connectivity index (χ0n) is 12.3. The van der Waals surface area contributed by atoms with Crippen LogP contribution in [0.1, 0.15) is 12.5 Å². The van der Waals surface area contributed by atoms with Gasteiger partial charge in [-0.15, -0.1) is 0 Å². The average molecular weight is 364 g/mol. The standard InChI is InChI=1S/C13H22BrN3O2S/c1-10(9-17(3)4)16-20(18,19)13-7-11(8-15-2)5-6-12(13)14/h5-7,10,15-16H,8-9H2,1-4H3. The molecule has 5 nitrogen and oxygen atoms in total. The normalized spacial score (nSPS) is 13.7. The lowest BCUT2D eigenvalue weighted by Crippen LogP contribution is -2.39. The highest BCUT2D eigenvalue weighted by molar-refractivity contribution is 9.10. The highest BCUT2D eigenvalue weighted by Gasteiger charge is 2.20. The Hall–Kier alpha value is -0.470. The first-order chi connectivity index (χ1) is 9.26. The molecule has 0 heterocycles. The van der Waals surface area contributed by atoms with E-state index in [1.807, 2.05) is 39.0 Å². The fourth-order valence-corrected chi connectivity index (χ4v) is 4.23. The number of nitrogens with zero attached hydrogens (tertiary/aromatic N) is 1. The molecule has 0 bridgehead atoms. The van der Waals surface area contributed by atoms with Crippen LogP contribution in [-0.2, 0) is 16.6 Å². The van der Waals surface area contributed by atoms with E-state index in [2.05, 4.69) is 26.0 Å². The van der Waals surface area contributed by atoms with Crippen LogP contribution in [0, 0.1) is 0 Å². The van der Waals surface area contributed by atoms with Crippen LogP contribution in [0.25, 0.3) is 0 Å². The summed E-state index contributed by atoms with van der Waals surface area (Å²) < 4.78 is 28.1. The Morgan fingerprint density at radius 1 is 1.35 bits per heavy atom. The number of hydrogen-bond acceptors (Lipinski definition) is 4. The SMILES string of the molecule is CNCc1ccc(Br)c(S(=O)(=O)NC(C)CN(C)C)c1. The maximum Gasteiger partial charge on any atom is 0.241 e. The molecule has 0 aliphatic carbocycles. The minimum atomic E-state index is -3.53. The number of likely N-dealkylation sites (N-methyl/N-ethyl adjacent to an activating group) is 1. The van der Waals surface area contributed by atoms with Crippen molar-refractivity contribution in [1.82, 2.24) is 14.9 Å². The zero-order chi connectivity index (χ0) is 15.3. The molecule has 0 aliphatic heterocycles. The van der Waals surface area contributed by atoms with E-state index >= 15 is 0 Å². The fourth-order valence-electron chi connectivity index (χ4n) is 1.98. The van der Waals surface area contributed by atoms with Crippen molar-refractivity contribution in [2.45, 2.75) is 24.4 Å². The molecule has 0 aliphatic rings. The van der Waals surface area contributed by atoms with E-state index in [1.165, 1.54) is 0 Å². The third-order valence-electron chi connectivity index (χ3n) is 2.66. The molecule has 0 spiro atoms. The van der Waals surface area contributed by atoms with Crippen LogP contribution in [0.3, 0.4) is 0 Å². The summed E-state index contributed by atoms with van der Waals surface area (Å²) in [6, 6.07) is 5.18. The summed E-state index contributed by atoms with van der Waals surface area (Å²) in [5.41, 5.74) is 0.927. The molecule has 1 rings (SSSR count). The van der Waals surface area contributed by atoms with Crippen molar-refractivity contribution in [2.24, 2.45) is 0 Å². The van der Waals surface area contributed by atoms with Crippen molar-refractivity contribution >= 4 is 26.0 Å². The Labute approximate surface area is 129 Å². The lowest BCUT2D eigenvalue weighted by atomic mass is 10.2. The second-order valence-corrected chi connectivity index (χ2v) is 7.62. The number of hydrogen-bond donors (Lipinski definition) is 2. The van der Waals surface area contributed by atoms with E-state index < -0.39 is 10.0 Å². The number of sulfonamides is 1. The summed E-state index contributed by atoms with van der Waals surface area (Å²) in [6.07, 6.45) is 0. The largest absolute Gasteiger partial charge is 0.316 e. The molecule has 1 atom stereocenters. The summed E-state index contributed by atoms with van der Waals surface area (Å²) in [4.78, 5) is 2.22. The maximum atomic E-state index is 12.4. The van der Waals surface area contributed by atoms with Crippen LogP contribution in [0.2, 0.25) is 0 Å². The van der Waals surface area contributed by atoms with Gasteiger partial charge < -0.3 is 10.2 Å². The third kappa shape index (κ3) is 5.14. The quantitative estimate of drug-likeness (QED) is 0.768. The Morgan fingerprint density at radius 3 is 2.55 bits per heavy atom. The lowest BCUT2D eigenvalue weighted by Gasteiger charge is -2.19. The van der Waals surface area contributed by atoms with E-state index in [-0.39, 0.29) is 10.9 Å². The van der Waals surface area contributed by atoms with Crippen LogP contribution in [-0.4, -0.2) is 47.0 Å². The Morgan fingerprint density at radius 2 is 2.00 bits per heavy atom. The molecule has 1 aromatic carbocycles. The predicted molar refractivity (Wildman–Crippen MR) is 85.2 cm³/mol. The van der Waals surface area contributed by atoms with Crippen molar-refractivity contribution in [3.63, 3.8) is 0 Å². The second-order valence-electron chi connectivity index (χ2n) is 5.08. The van der Waals surface area contributed by atoms with Crippen LogP contribution in [0.5, 0.6) is 0 Å². The molecule has 0 amide bonds. The van der Waals surface area contributed by atoms with Gasteiger partial charge in [0.2, 0.25) is 10.0 Å². The van der Waals surface area contributed by atoms with Gasteiger partial charge in [-0.05, 0) is 61.7 Å². The van der Waals surface area contributed by atoms with Gasteiger partial charge in [0.1, 0.15) is 0 Å². The first-order valence-electron chi connectivity index (χ1n) is 6.36. The second kappa shape index (κ2) is 7.51. The molecule has 0 aromatic heterocycles. The van der Waals surface area contributed by atoms with Gasteiger partial charge in [-0.3, -0.25) is 0 Å². The highest BCUT2D eigenvalue weighted by Crippen LogP contribution is 2.23. The number of rotatable bonds is 7. The highest BCUT2D eigenvalue weighted by atomic mass is 79.9. The zero-order valence-corrected chi connectivity index (χ0v) is 14.7. The third-order valence-corrected chi connectivity index (χ3v) is 5.24. The molecular weight excluding hydrogens is 342 g/mol. The minimum Gasteiger partial charge on any atom is -0.316 e. The van der Waals surface area contributed by atoms with Crippen molar-refractivity contribution in [2.75, 3.05) is 27.7 Å². The summed E-state index contributed by atoms with van der Waals surface area (Å²) in [7, 11) is 2.12. The van der Waals surface area contributed by atoms with Gasteiger partial charge in [0.15, 0.2) is 0 Å². The molecule has 1 aromatic rings. The van der Waals surface area contributed by atoms with Crippen molar-refractivity contribution in [3.05, 3.63) is 28.2 Å². The van der Waals surface area contributed by atoms with Gasteiger partial charge >= 0.3 is 0 Å². The smallest absolute Gasteiger partial charge is 0.241 e. The van der Waals surface area contributed by atoms with Crippen molar-refractivity contribution < 1.29 is 8.42 Å². The lowest BCUT2D eigenvalue weighted by molar-refractivity contribution is 0.370. The molecule has 0 radical (unpaired) electrons. The van der Waals surface area contributed by atoms with Crippen LogP contribution in [0.15, 0.2) is 27.6 Å². The van der Waals surface area contributed by atoms with Gasteiger partial charge in [-0.25, -0.2) is 13.1 Å². The molecule has 1 unspecified atom stereocenters. The van der Waals surface area contributed by atoms with E-state index in [1.54, 1.807) is 12.1 Å². The predicted octanol–water partition coefficient (Wildman–Crippen LogP) is 1.40. The van der Waals surface area contributed by atoms with Crippen molar-refractivity contribution in [3.8, 4) is 0 Å². The van der Waals surface area contributed by atoms with Crippen LogP contribution in [0.4, 0.5) is 0 Å². The van der Waals surface area contributed by atoms with Crippen LogP contribution >= 0.6 is 15.9 Å². The van der Waals surface area contributed by atoms with Crippen LogP contribution < -0.4 is 10.0 Å². The van der Waals surface area contributed by atoms with Gasteiger partial charge in [0.05, 0.1) is 4.90 Å². The van der Waals surface area contributed by atoms with Gasteiger partial charge in [-0.1, -0.05) is 6.07 Å². The number of nitrogens with one attached hydrogen (secondary N) is 2. The van der Waals surface area contributed by atoms with E-state index in [9.17, 15) is 8.42 Å². The Bertz CT molecular complexity index is 547. The van der Waals surface area contributed by atoms with Gasteiger partial charge in [0.25, 0.3) is 0 Å². The average Bonchev–Trinajstić information content (AvgIpc) is 2.29. The molecule has 0 saturated heterocycles. The summed E-state index contributed by atoms with van der Waals surface area (Å²) in [6.45, 7) is 3.12. The molecule has 114 valence electrons. The number of benzene rings is 1. The molecule has 7 heteroatoms. The maximum absolute atomic E-state index is 12.4. The molecule has 20 heavy (non-hydrogen) atoms.